The summed E-state index contributed by atoms with van der Waals surface area (Å²) in [4.78, 5) is 24.5. The molecule has 3 aromatic rings. The first-order valence-corrected chi connectivity index (χ1v) is 8.13. The number of amides is 2. The van der Waals surface area contributed by atoms with Crippen LogP contribution >= 0.6 is 0 Å². The number of hydrogen-bond donors (Lipinski definition) is 2. The number of carbonyl (C=O) groups is 2. The van der Waals surface area contributed by atoms with Crippen LogP contribution in [-0.2, 0) is 7.05 Å². The molecule has 0 saturated heterocycles. The summed E-state index contributed by atoms with van der Waals surface area (Å²) in [7, 11) is 3.07. The standard InChI is InChI=1S/C19H16F2N4O3/c1-25-10-14(19(24-25)28-2)18(27)22-13-6-3-11(4-7-13)17(26)23-16-9-12(20)5-8-15(16)21/h3-10H,1-2H3,(H,22,27)(H,23,26). The number of rotatable bonds is 5. The van der Waals surface area contributed by atoms with Gasteiger partial charge in [-0.25, -0.2) is 8.78 Å². The fourth-order valence-corrected chi connectivity index (χ4v) is 2.47. The number of hydrogen-bond acceptors (Lipinski definition) is 4. The smallest absolute Gasteiger partial charge is 0.262 e. The Bertz CT molecular complexity index is 1030. The molecular formula is C19H16F2N4O3. The van der Waals surface area contributed by atoms with Crippen molar-refractivity contribution in [3.8, 4) is 5.88 Å². The third kappa shape index (κ3) is 4.14. The highest BCUT2D eigenvalue weighted by Crippen LogP contribution is 2.19. The van der Waals surface area contributed by atoms with Crippen molar-refractivity contribution in [2.75, 3.05) is 17.7 Å². The van der Waals surface area contributed by atoms with Crippen LogP contribution in [0.4, 0.5) is 20.2 Å². The van der Waals surface area contributed by atoms with Crippen molar-refractivity contribution in [2.45, 2.75) is 0 Å². The Kier molecular flexibility index (Phi) is 5.35. The summed E-state index contributed by atoms with van der Waals surface area (Å²) in [5.74, 6) is -2.27. The van der Waals surface area contributed by atoms with Gasteiger partial charge in [-0.05, 0) is 36.4 Å². The number of aryl methyl sites for hydroxylation is 1. The van der Waals surface area contributed by atoms with Gasteiger partial charge < -0.3 is 15.4 Å². The fourth-order valence-electron chi connectivity index (χ4n) is 2.47. The van der Waals surface area contributed by atoms with Gasteiger partial charge >= 0.3 is 0 Å². The van der Waals surface area contributed by atoms with Gasteiger partial charge in [-0.2, -0.15) is 0 Å². The third-order valence-corrected chi connectivity index (χ3v) is 3.81. The number of ether oxygens (including phenoxy) is 1. The van der Waals surface area contributed by atoms with E-state index in [-0.39, 0.29) is 22.7 Å². The second-order valence-electron chi connectivity index (χ2n) is 5.84. The van der Waals surface area contributed by atoms with Crippen LogP contribution in [0.2, 0.25) is 0 Å². The molecular weight excluding hydrogens is 370 g/mol. The van der Waals surface area contributed by atoms with Gasteiger partial charge in [0.15, 0.2) is 0 Å². The maximum atomic E-state index is 13.6. The average Bonchev–Trinajstić information content (AvgIpc) is 3.06. The lowest BCUT2D eigenvalue weighted by molar-refractivity contribution is 0.101. The molecule has 2 aromatic carbocycles. The van der Waals surface area contributed by atoms with Crippen LogP contribution in [0.5, 0.6) is 5.88 Å². The molecule has 144 valence electrons. The van der Waals surface area contributed by atoms with E-state index in [9.17, 15) is 18.4 Å². The molecule has 0 fully saturated rings. The van der Waals surface area contributed by atoms with Crippen molar-refractivity contribution >= 4 is 23.2 Å². The second-order valence-corrected chi connectivity index (χ2v) is 5.84. The lowest BCUT2D eigenvalue weighted by Gasteiger charge is -2.08. The summed E-state index contributed by atoms with van der Waals surface area (Å²) in [6, 6.07) is 8.69. The maximum Gasteiger partial charge on any atom is 0.262 e. The van der Waals surface area contributed by atoms with E-state index in [4.69, 9.17) is 4.74 Å². The zero-order valence-corrected chi connectivity index (χ0v) is 15.0. The quantitative estimate of drug-likeness (QED) is 0.705. The lowest BCUT2D eigenvalue weighted by Crippen LogP contribution is -2.14. The first-order chi connectivity index (χ1) is 13.4. The molecule has 9 heteroatoms. The van der Waals surface area contributed by atoms with Crippen LogP contribution in [0.1, 0.15) is 20.7 Å². The molecule has 0 unspecified atom stereocenters. The fraction of sp³-hybridized carbons (Fsp3) is 0.105. The molecule has 2 amide bonds. The monoisotopic (exact) mass is 386 g/mol. The van der Waals surface area contributed by atoms with E-state index in [1.165, 1.54) is 42.3 Å². The SMILES string of the molecule is COc1nn(C)cc1C(=O)Nc1ccc(C(=O)Nc2cc(F)ccc2F)cc1. The highest BCUT2D eigenvalue weighted by molar-refractivity contribution is 6.07. The van der Waals surface area contributed by atoms with Crippen LogP contribution in [-0.4, -0.2) is 28.7 Å². The minimum absolute atomic E-state index is 0.188. The van der Waals surface area contributed by atoms with Crippen molar-refractivity contribution in [3.63, 3.8) is 0 Å². The summed E-state index contributed by atoms with van der Waals surface area (Å²) in [6.07, 6.45) is 1.52. The summed E-state index contributed by atoms with van der Waals surface area (Å²) in [5, 5.41) is 8.97. The van der Waals surface area contributed by atoms with E-state index in [0.717, 1.165) is 18.2 Å². The zero-order valence-electron chi connectivity index (χ0n) is 15.0. The second kappa shape index (κ2) is 7.87. The number of anilines is 2. The molecule has 28 heavy (non-hydrogen) atoms. The first-order valence-electron chi connectivity index (χ1n) is 8.13. The molecule has 7 nitrogen and oxygen atoms in total. The molecule has 0 radical (unpaired) electrons. The Morgan fingerprint density at radius 2 is 1.75 bits per heavy atom. The van der Waals surface area contributed by atoms with Crippen molar-refractivity contribution in [3.05, 3.63) is 71.4 Å². The van der Waals surface area contributed by atoms with E-state index < -0.39 is 23.4 Å². The highest BCUT2D eigenvalue weighted by Gasteiger charge is 2.17. The molecule has 3 rings (SSSR count). The number of carbonyl (C=O) groups excluding carboxylic acids is 2. The van der Waals surface area contributed by atoms with E-state index in [2.05, 4.69) is 15.7 Å². The molecule has 1 heterocycles. The van der Waals surface area contributed by atoms with Crippen molar-refractivity contribution in [1.82, 2.24) is 9.78 Å². The number of halogens is 2. The Morgan fingerprint density at radius 1 is 1.04 bits per heavy atom. The first kappa shape index (κ1) is 19.0. The summed E-state index contributed by atoms with van der Waals surface area (Å²) >= 11 is 0. The minimum Gasteiger partial charge on any atom is -0.479 e. The van der Waals surface area contributed by atoms with Crippen molar-refractivity contribution < 1.29 is 23.1 Å². The minimum atomic E-state index is -0.746. The van der Waals surface area contributed by atoms with Gasteiger partial charge in [-0.1, -0.05) is 0 Å². The molecule has 0 aliphatic heterocycles. The lowest BCUT2D eigenvalue weighted by atomic mass is 10.1. The summed E-state index contributed by atoms with van der Waals surface area (Å²) in [6.45, 7) is 0. The Hall–Kier alpha value is -3.75. The van der Waals surface area contributed by atoms with Crippen molar-refractivity contribution in [2.24, 2.45) is 7.05 Å². The van der Waals surface area contributed by atoms with Crippen LogP contribution in [0.25, 0.3) is 0 Å². The predicted octanol–water partition coefficient (Wildman–Crippen LogP) is 3.21. The Labute approximate surface area is 158 Å². The van der Waals surface area contributed by atoms with Crippen LogP contribution < -0.4 is 15.4 Å². The maximum absolute atomic E-state index is 13.6. The Morgan fingerprint density at radius 3 is 2.43 bits per heavy atom. The van der Waals surface area contributed by atoms with E-state index in [1.54, 1.807) is 7.05 Å². The zero-order chi connectivity index (χ0) is 20.3. The average molecular weight is 386 g/mol. The van der Waals surface area contributed by atoms with Gasteiger partial charge in [0.25, 0.3) is 11.8 Å². The van der Waals surface area contributed by atoms with Crippen LogP contribution in [0, 0.1) is 11.6 Å². The van der Waals surface area contributed by atoms with Crippen LogP contribution in [0.15, 0.2) is 48.7 Å². The third-order valence-electron chi connectivity index (χ3n) is 3.81. The van der Waals surface area contributed by atoms with E-state index >= 15 is 0 Å². The highest BCUT2D eigenvalue weighted by atomic mass is 19.1. The van der Waals surface area contributed by atoms with Gasteiger partial charge in [0.05, 0.1) is 12.8 Å². The summed E-state index contributed by atoms with van der Waals surface area (Å²) < 4.78 is 33.3. The molecule has 0 atom stereocenters. The molecule has 0 aliphatic rings. The molecule has 0 saturated carbocycles. The van der Waals surface area contributed by atoms with Crippen LogP contribution in [0.3, 0.4) is 0 Å². The van der Waals surface area contributed by atoms with Gasteiger partial charge in [-0.3, -0.25) is 14.3 Å². The summed E-state index contributed by atoms with van der Waals surface area (Å²) in [5.41, 5.74) is 0.643. The largest absolute Gasteiger partial charge is 0.479 e. The number of benzene rings is 2. The number of nitrogens with zero attached hydrogens (tertiary/aromatic N) is 2. The van der Waals surface area contributed by atoms with E-state index in [1.807, 2.05) is 0 Å². The van der Waals surface area contributed by atoms with Gasteiger partial charge in [0, 0.05) is 30.6 Å². The molecule has 0 spiro atoms. The number of methoxy groups -OCH3 is 1. The number of nitrogens with one attached hydrogen (secondary N) is 2. The molecule has 1 aromatic heterocycles. The van der Waals surface area contributed by atoms with Gasteiger partial charge in [0.1, 0.15) is 17.2 Å². The van der Waals surface area contributed by atoms with E-state index in [0.29, 0.717) is 5.69 Å². The molecule has 0 aliphatic carbocycles. The number of aromatic nitrogens is 2. The Balaban J connectivity index is 1.70. The predicted molar refractivity (Wildman–Crippen MR) is 98.5 cm³/mol. The normalized spacial score (nSPS) is 10.4. The topological polar surface area (TPSA) is 85.2 Å². The molecule has 2 N–H and O–H groups in total. The van der Waals surface area contributed by atoms with Gasteiger partial charge in [0.2, 0.25) is 5.88 Å². The van der Waals surface area contributed by atoms with Gasteiger partial charge in [-0.15, -0.1) is 5.10 Å². The van der Waals surface area contributed by atoms with Crippen molar-refractivity contribution in [1.29, 1.82) is 0 Å². The molecule has 0 bridgehead atoms.